The molecule has 1 aliphatic heterocycles. The highest BCUT2D eigenvalue weighted by Crippen LogP contribution is 2.36. The van der Waals surface area contributed by atoms with Crippen molar-refractivity contribution in [3.8, 4) is 11.6 Å². The maximum atomic E-state index is 13.8. The van der Waals surface area contributed by atoms with E-state index in [2.05, 4.69) is 9.97 Å². The number of aromatic nitrogens is 2. The van der Waals surface area contributed by atoms with Gasteiger partial charge >= 0.3 is 0 Å². The molecule has 0 unspecified atom stereocenters. The number of nitrogens with zero attached hydrogens (tertiary/aromatic N) is 3. The van der Waals surface area contributed by atoms with Crippen molar-refractivity contribution >= 4 is 69.2 Å². The predicted molar refractivity (Wildman–Crippen MR) is 121 cm³/mol. The third-order valence-electron chi connectivity index (χ3n) is 3.93. The van der Waals surface area contributed by atoms with E-state index in [0.717, 1.165) is 6.20 Å². The molecule has 0 radical (unpaired) electrons. The standard InChI is InChI=1S/C20H10Cl2FN3O2S2/c21-12-4-6-13(7-5-12)26-18(27)16(30-20(26)29)9-11-2-1-3-14(8-11)28-17-15(23)10-24-19(22)25-17/h1-10H/b16-9-. The van der Waals surface area contributed by atoms with Crippen LogP contribution in [0.15, 0.2) is 59.6 Å². The zero-order valence-electron chi connectivity index (χ0n) is 14.9. The van der Waals surface area contributed by atoms with E-state index in [4.69, 9.17) is 40.2 Å². The van der Waals surface area contributed by atoms with Crippen molar-refractivity contribution < 1.29 is 13.9 Å². The maximum Gasteiger partial charge on any atom is 0.270 e. The highest BCUT2D eigenvalue weighted by atomic mass is 35.5. The van der Waals surface area contributed by atoms with Crippen LogP contribution < -0.4 is 9.64 Å². The number of thioether (sulfide) groups is 1. The van der Waals surface area contributed by atoms with Crippen LogP contribution >= 0.6 is 47.2 Å². The molecule has 1 saturated heterocycles. The molecule has 30 heavy (non-hydrogen) atoms. The highest BCUT2D eigenvalue weighted by Gasteiger charge is 2.33. The Morgan fingerprint density at radius 2 is 1.93 bits per heavy atom. The van der Waals surface area contributed by atoms with Gasteiger partial charge in [0.15, 0.2) is 4.32 Å². The first-order valence-corrected chi connectivity index (χ1v) is 10.4. The van der Waals surface area contributed by atoms with Crippen LogP contribution in [-0.4, -0.2) is 20.2 Å². The minimum Gasteiger partial charge on any atom is -0.436 e. The molecule has 150 valence electrons. The monoisotopic (exact) mass is 477 g/mol. The van der Waals surface area contributed by atoms with Crippen LogP contribution in [0.4, 0.5) is 10.1 Å². The summed E-state index contributed by atoms with van der Waals surface area (Å²) in [6.07, 6.45) is 2.61. The normalized spacial score (nSPS) is 15.2. The predicted octanol–water partition coefficient (Wildman–Crippen LogP) is 6.12. The molecule has 0 atom stereocenters. The van der Waals surface area contributed by atoms with E-state index in [1.54, 1.807) is 54.6 Å². The third-order valence-corrected chi connectivity index (χ3v) is 5.67. The van der Waals surface area contributed by atoms with Crippen LogP contribution in [0.1, 0.15) is 5.56 Å². The number of amides is 1. The molecule has 4 rings (SSSR count). The Balaban J connectivity index is 1.58. The number of anilines is 1. The van der Waals surface area contributed by atoms with Gasteiger partial charge in [-0.15, -0.1) is 0 Å². The van der Waals surface area contributed by atoms with Gasteiger partial charge < -0.3 is 4.74 Å². The topological polar surface area (TPSA) is 55.3 Å². The second kappa shape index (κ2) is 8.69. The van der Waals surface area contributed by atoms with E-state index >= 15 is 0 Å². The average Bonchev–Trinajstić information content (AvgIpc) is 2.99. The lowest BCUT2D eigenvalue weighted by Gasteiger charge is -2.14. The Kier molecular flexibility index (Phi) is 6.01. The van der Waals surface area contributed by atoms with E-state index < -0.39 is 5.82 Å². The average molecular weight is 478 g/mol. The van der Waals surface area contributed by atoms with Gasteiger partial charge in [0.05, 0.1) is 16.8 Å². The van der Waals surface area contributed by atoms with Crippen LogP contribution in [-0.2, 0) is 4.79 Å². The summed E-state index contributed by atoms with van der Waals surface area (Å²) in [4.78, 5) is 22.0. The van der Waals surface area contributed by atoms with E-state index in [1.807, 2.05) is 0 Å². The fourth-order valence-electron chi connectivity index (χ4n) is 2.61. The van der Waals surface area contributed by atoms with Crippen molar-refractivity contribution in [3.05, 3.63) is 81.3 Å². The summed E-state index contributed by atoms with van der Waals surface area (Å²) in [5, 5.41) is 0.436. The molecule has 1 aromatic heterocycles. The first-order chi connectivity index (χ1) is 14.4. The number of hydrogen-bond acceptors (Lipinski definition) is 6. The lowest BCUT2D eigenvalue weighted by molar-refractivity contribution is -0.113. The fraction of sp³-hybridized carbons (Fsp3) is 0. The maximum absolute atomic E-state index is 13.8. The number of benzene rings is 2. The third kappa shape index (κ3) is 4.46. The number of hydrogen-bond donors (Lipinski definition) is 0. The van der Waals surface area contributed by atoms with Gasteiger partial charge in [0.2, 0.25) is 11.1 Å². The largest absolute Gasteiger partial charge is 0.436 e. The fourth-order valence-corrected chi connectivity index (χ4v) is 4.16. The van der Waals surface area contributed by atoms with Crippen molar-refractivity contribution in [2.75, 3.05) is 4.90 Å². The van der Waals surface area contributed by atoms with Gasteiger partial charge in [0, 0.05) is 5.02 Å². The molecule has 5 nitrogen and oxygen atoms in total. The van der Waals surface area contributed by atoms with E-state index in [0.29, 0.717) is 31.2 Å². The number of thiocarbonyl (C=S) groups is 1. The molecule has 2 heterocycles. The number of carbonyl (C=O) groups excluding carboxylic acids is 1. The Hall–Kier alpha value is -2.52. The zero-order chi connectivity index (χ0) is 21.3. The van der Waals surface area contributed by atoms with Crippen LogP contribution in [0.2, 0.25) is 10.3 Å². The van der Waals surface area contributed by atoms with Gasteiger partial charge in [0.25, 0.3) is 11.8 Å². The van der Waals surface area contributed by atoms with E-state index in [1.165, 1.54) is 16.7 Å². The summed E-state index contributed by atoms with van der Waals surface area (Å²) in [5.41, 5.74) is 1.31. The van der Waals surface area contributed by atoms with Gasteiger partial charge in [-0.1, -0.05) is 47.7 Å². The minimum atomic E-state index is -0.742. The summed E-state index contributed by atoms with van der Waals surface area (Å²) in [7, 11) is 0. The molecule has 1 amide bonds. The lowest BCUT2D eigenvalue weighted by Crippen LogP contribution is -2.27. The lowest BCUT2D eigenvalue weighted by atomic mass is 10.2. The van der Waals surface area contributed by atoms with Crippen molar-refractivity contribution in [2.45, 2.75) is 0 Å². The quantitative estimate of drug-likeness (QED) is 0.256. The molecule has 0 bridgehead atoms. The molecular formula is C20H10Cl2FN3O2S2. The molecule has 3 aromatic rings. The van der Waals surface area contributed by atoms with Crippen LogP contribution in [0.3, 0.4) is 0 Å². The van der Waals surface area contributed by atoms with Crippen molar-refractivity contribution in [2.24, 2.45) is 0 Å². The smallest absolute Gasteiger partial charge is 0.270 e. The first-order valence-electron chi connectivity index (χ1n) is 8.40. The number of carbonyl (C=O) groups is 1. The van der Waals surface area contributed by atoms with Gasteiger partial charge in [-0.05, 0) is 59.6 Å². The SMILES string of the molecule is O=C1/C(=C/c2cccc(Oc3nc(Cl)ncc3F)c2)SC(=S)N1c1ccc(Cl)cc1. The molecule has 0 aliphatic carbocycles. The molecule has 0 saturated carbocycles. The molecule has 0 spiro atoms. The van der Waals surface area contributed by atoms with Crippen LogP contribution in [0.5, 0.6) is 11.6 Å². The van der Waals surface area contributed by atoms with Crippen molar-refractivity contribution in [3.63, 3.8) is 0 Å². The Bertz CT molecular complexity index is 1190. The van der Waals surface area contributed by atoms with Gasteiger partial charge in [-0.25, -0.2) is 4.98 Å². The molecule has 0 N–H and O–H groups in total. The summed E-state index contributed by atoms with van der Waals surface area (Å²) in [6, 6.07) is 13.6. The number of rotatable bonds is 4. The highest BCUT2D eigenvalue weighted by molar-refractivity contribution is 8.27. The van der Waals surface area contributed by atoms with E-state index in [-0.39, 0.29) is 17.1 Å². The second-order valence-electron chi connectivity index (χ2n) is 5.96. The summed E-state index contributed by atoms with van der Waals surface area (Å²) in [6.45, 7) is 0. The molecule has 10 heteroatoms. The summed E-state index contributed by atoms with van der Waals surface area (Å²) < 4.78 is 19.7. The number of halogens is 3. The Morgan fingerprint density at radius 1 is 1.17 bits per heavy atom. The first kappa shape index (κ1) is 20.7. The molecule has 1 aliphatic rings. The van der Waals surface area contributed by atoms with Crippen LogP contribution in [0, 0.1) is 5.82 Å². The molecule has 2 aromatic carbocycles. The van der Waals surface area contributed by atoms with Crippen LogP contribution in [0.25, 0.3) is 6.08 Å². The Morgan fingerprint density at radius 3 is 2.70 bits per heavy atom. The van der Waals surface area contributed by atoms with Gasteiger partial charge in [-0.3, -0.25) is 9.69 Å². The zero-order valence-corrected chi connectivity index (χ0v) is 18.0. The van der Waals surface area contributed by atoms with Crippen molar-refractivity contribution in [1.29, 1.82) is 0 Å². The minimum absolute atomic E-state index is 0.131. The second-order valence-corrected chi connectivity index (χ2v) is 8.41. The Labute approximate surface area is 190 Å². The van der Waals surface area contributed by atoms with Gasteiger partial charge in [0.1, 0.15) is 5.75 Å². The van der Waals surface area contributed by atoms with Crippen molar-refractivity contribution in [1.82, 2.24) is 9.97 Å². The summed E-state index contributed by atoms with van der Waals surface area (Å²) >= 11 is 18.2. The summed E-state index contributed by atoms with van der Waals surface area (Å²) in [5.74, 6) is -0.951. The molecular weight excluding hydrogens is 468 g/mol. The number of ether oxygens (including phenoxy) is 1. The van der Waals surface area contributed by atoms with Gasteiger partial charge in [-0.2, -0.15) is 9.37 Å². The van der Waals surface area contributed by atoms with E-state index in [9.17, 15) is 9.18 Å². The molecule has 1 fully saturated rings.